The molecule has 1 aromatic heterocycles. The van der Waals surface area contributed by atoms with E-state index < -0.39 is 0 Å². The van der Waals surface area contributed by atoms with Crippen LogP contribution in [0.4, 0.5) is 5.69 Å². The third-order valence-corrected chi connectivity index (χ3v) is 1.92. The molecule has 0 aliphatic carbocycles. The zero-order valence-electron chi connectivity index (χ0n) is 8.18. The van der Waals surface area contributed by atoms with Crippen LogP contribution < -0.4 is 5.73 Å². The fourth-order valence-corrected chi connectivity index (χ4v) is 1.17. The highest BCUT2D eigenvalue weighted by Gasteiger charge is 2.18. The quantitative estimate of drug-likeness (QED) is 0.638. The smallest absolute Gasteiger partial charge is 0.0688 e. The van der Waals surface area contributed by atoms with Crippen molar-refractivity contribution in [2.75, 3.05) is 5.73 Å². The number of nitrogens with two attached hydrogens (primary N) is 1. The lowest BCUT2D eigenvalue weighted by Gasteiger charge is -2.20. The molecule has 0 aliphatic heterocycles. The number of hydrogen-bond acceptors (Lipinski definition) is 2. The van der Waals surface area contributed by atoms with Crippen LogP contribution in [0.3, 0.4) is 0 Å². The summed E-state index contributed by atoms with van der Waals surface area (Å²) in [7, 11) is 0. The standard InChI is InChI=1S/C10H16N2/c1-7-5-6-12-9(8(7)11)10(2,3)4/h5-6H,11H2,1-4H3. The Morgan fingerprint density at radius 2 is 1.92 bits per heavy atom. The molecule has 2 N–H and O–H groups in total. The van der Waals surface area contributed by atoms with Gasteiger partial charge >= 0.3 is 0 Å². The Bertz CT molecular complexity index is 284. The minimum absolute atomic E-state index is 0.0378. The molecule has 0 saturated heterocycles. The van der Waals surface area contributed by atoms with Gasteiger partial charge in [-0.2, -0.15) is 0 Å². The molecule has 2 heteroatoms. The van der Waals surface area contributed by atoms with Gasteiger partial charge in [-0.3, -0.25) is 4.98 Å². The lowest BCUT2D eigenvalue weighted by atomic mass is 9.89. The first-order valence-corrected chi connectivity index (χ1v) is 4.14. The number of nitrogens with zero attached hydrogens (tertiary/aromatic N) is 1. The van der Waals surface area contributed by atoms with E-state index in [4.69, 9.17) is 5.73 Å². The molecule has 0 fully saturated rings. The predicted octanol–water partition coefficient (Wildman–Crippen LogP) is 2.27. The monoisotopic (exact) mass is 164 g/mol. The van der Waals surface area contributed by atoms with Crippen LogP contribution in [-0.2, 0) is 5.41 Å². The van der Waals surface area contributed by atoms with Gasteiger partial charge in [0.25, 0.3) is 0 Å². The molecule has 0 aromatic carbocycles. The molecule has 0 spiro atoms. The van der Waals surface area contributed by atoms with Crippen molar-refractivity contribution in [3.63, 3.8) is 0 Å². The van der Waals surface area contributed by atoms with Crippen LogP contribution in [0, 0.1) is 6.92 Å². The van der Waals surface area contributed by atoms with Crippen molar-refractivity contribution < 1.29 is 0 Å². The van der Waals surface area contributed by atoms with Crippen LogP contribution >= 0.6 is 0 Å². The molecule has 2 nitrogen and oxygen atoms in total. The summed E-state index contributed by atoms with van der Waals surface area (Å²) in [6.07, 6.45) is 1.81. The number of hydrogen-bond donors (Lipinski definition) is 1. The zero-order chi connectivity index (χ0) is 9.35. The Hall–Kier alpha value is -1.05. The van der Waals surface area contributed by atoms with Gasteiger partial charge in [0.05, 0.1) is 11.4 Å². The molecule has 0 aliphatic rings. The molecule has 1 aromatic rings. The fraction of sp³-hybridized carbons (Fsp3) is 0.500. The topological polar surface area (TPSA) is 38.9 Å². The molecule has 0 amide bonds. The van der Waals surface area contributed by atoms with Gasteiger partial charge in [0.2, 0.25) is 0 Å². The SMILES string of the molecule is Cc1ccnc(C(C)(C)C)c1N. The van der Waals surface area contributed by atoms with Gasteiger partial charge < -0.3 is 5.73 Å². The Labute approximate surface area is 73.8 Å². The van der Waals surface area contributed by atoms with Crippen molar-refractivity contribution in [2.24, 2.45) is 0 Å². The maximum Gasteiger partial charge on any atom is 0.0688 e. The highest BCUT2D eigenvalue weighted by molar-refractivity contribution is 5.52. The first kappa shape index (κ1) is 9.04. The number of rotatable bonds is 0. The van der Waals surface area contributed by atoms with Crippen LogP contribution in [0.5, 0.6) is 0 Å². The molecular weight excluding hydrogens is 148 g/mol. The molecule has 1 heterocycles. The van der Waals surface area contributed by atoms with E-state index in [0.29, 0.717) is 0 Å². The van der Waals surface area contributed by atoms with E-state index in [9.17, 15) is 0 Å². The number of aromatic nitrogens is 1. The van der Waals surface area contributed by atoms with Crippen LogP contribution in [0.2, 0.25) is 0 Å². The highest BCUT2D eigenvalue weighted by atomic mass is 14.8. The van der Waals surface area contributed by atoms with Crippen molar-refractivity contribution in [1.82, 2.24) is 4.98 Å². The lowest BCUT2D eigenvalue weighted by Crippen LogP contribution is -2.16. The van der Waals surface area contributed by atoms with Crippen molar-refractivity contribution in [3.05, 3.63) is 23.5 Å². The summed E-state index contributed by atoms with van der Waals surface area (Å²) in [6, 6.07) is 1.94. The average Bonchev–Trinajstić information content (AvgIpc) is 1.92. The molecule has 0 radical (unpaired) electrons. The number of anilines is 1. The van der Waals surface area contributed by atoms with E-state index in [1.807, 2.05) is 19.2 Å². The van der Waals surface area contributed by atoms with Crippen LogP contribution in [0.15, 0.2) is 12.3 Å². The minimum Gasteiger partial charge on any atom is -0.397 e. The highest BCUT2D eigenvalue weighted by Crippen LogP contribution is 2.26. The molecular formula is C10H16N2. The second kappa shape index (κ2) is 2.77. The number of aryl methyl sites for hydroxylation is 1. The normalized spacial score (nSPS) is 11.7. The van der Waals surface area contributed by atoms with Gasteiger partial charge in [-0.05, 0) is 18.6 Å². The number of nitrogen functional groups attached to an aromatic ring is 1. The third-order valence-electron chi connectivity index (χ3n) is 1.92. The number of pyridine rings is 1. The second-order valence-corrected chi connectivity index (χ2v) is 4.14. The maximum absolute atomic E-state index is 5.91. The molecule has 66 valence electrons. The summed E-state index contributed by atoms with van der Waals surface area (Å²) in [5, 5.41) is 0. The van der Waals surface area contributed by atoms with Crippen LogP contribution in [0.25, 0.3) is 0 Å². The second-order valence-electron chi connectivity index (χ2n) is 4.14. The van der Waals surface area contributed by atoms with E-state index in [0.717, 1.165) is 16.9 Å². The lowest BCUT2D eigenvalue weighted by molar-refractivity contribution is 0.571. The molecule has 1 rings (SSSR count). The Morgan fingerprint density at radius 1 is 1.33 bits per heavy atom. The third kappa shape index (κ3) is 1.58. The van der Waals surface area contributed by atoms with Crippen molar-refractivity contribution >= 4 is 5.69 Å². The summed E-state index contributed by atoms with van der Waals surface area (Å²) in [5.41, 5.74) is 8.86. The van der Waals surface area contributed by atoms with Crippen molar-refractivity contribution in [3.8, 4) is 0 Å². The van der Waals surface area contributed by atoms with Gasteiger partial charge in [0.1, 0.15) is 0 Å². The summed E-state index contributed by atoms with van der Waals surface area (Å²) < 4.78 is 0. The Morgan fingerprint density at radius 3 is 2.33 bits per heavy atom. The Kier molecular flexibility index (Phi) is 2.09. The van der Waals surface area contributed by atoms with Gasteiger partial charge in [-0.1, -0.05) is 20.8 Å². The van der Waals surface area contributed by atoms with Gasteiger partial charge in [-0.15, -0.1) is 0 Å². The zero-order valence-corrected chi connectivity index (χ0v) is 8.18. The summed E-state index contributed by atoms with van der Waals surface area (Å²) in [6.45, 7) is 8.35. The molecule has 0 atom stereocenters. The fourth-order valence-electron chi connectivity index (χ4n) is 1.17. The van der Waals surface area contributed by atoms with Gasteiger partial charge in [-0.25, -0.2) is 0 Å². The summed E-state index contributed by atoms with van der Waals surface area (Å²) in [4.78, 5) is 4.29. The average molecular weight is 164 g/mol. The molecule has 0 unspecified atom stereocenters. The first-order chi connectivity index (χ1) is 5.43. The minimum atomic E-state index is 0.0378. The van der Waals surface area contributed by atoms with E-state index in [2.05, 4.69) is 25.8 Å². The Balaban J connectivity index is 3.26. The van der Waals surface area contributed by atoms with E-state index in [-0.39, 0.29) is 5.41 Å². The first-order valence-electron chi connectivity index (χ1n) is 4.14. The van der Waals surface area contributed by atoms with E-state index >= 15 is 0 Å². The van der Waals surface area contributed by atoms with E-state index in [1.54, 1.807) is 0 Å². The van der Waals surface area contributed by atoms with Gasteiger partial charge in [0, 0.05) is 11.6 Å². The maximum atomic E-state index is 5.91. The predicted molar refractivity (Wildman–Crippen MR) is 52.1 cm³/mol. The van der Waals surface area contributed by atoms with Crippen LogP contribution in [-0.4, -0.2) is 4.98 Å². The van der Waals surface area contributed by atoms with E-state index in [1.165, 1.54) is 0 Å². The molecule has 12 heavy (non-hydrogen) atoms. The molecule has 0 saturated carbocycles. The summed E-state index contributed by atoms with van der Waals surface area (Å²) in [5.74, 6) is 0. The largest absolute Gasteiger partial charge is 0.397 e. The summed E-state index contributed by atoms with van der Waals surface area (Å²) >= 11 is 0. The van der Waals surface area contributed by atoms with Crippen LogP contribution in [0.1, 0.15) is 32.0 Å². The van der Waals surface area contributed by atoms with Gasteiger partial charge in [0.15, 0.2) is 0 Å². The van der Waals surface area contributed by atoms with Crippen molar-refractivity contribution in [2.45, 2.75) is 33.1 Å². The molecule has 0 bridgehead atoms. The van der Waals surface area contributed by atoms with Crippen molar-refractivity contribution in [1.29, 1.82) is 0 Å².